The number of carbonyl (C=O) groups excluding carboxylic acids is 1. The number of hydrogen-bond donors (Lipinski definition) is 2. The monoisotopic (exact) mass is 387 g/mol. The SMILES string of the molecule is Cc1ccc(C(C)NC(=O)CSc2nnc(-c3cccs3)n2N)cc1C. The van der Waals surface area contributed by atoms with Gasteiger partial charge in [0.05, 0.1) is 16.7 Å². The molecule has 0 spiro atoms. The van der Waals surface area contributed by atoms with Crippen molar-refractivity contribution in [2.24, 2.45) is 0 Å². The summed E-state index contributed by atoms with van der Waals surface area (Å²) in [6.07, 6.45) is 0. The molecule has 1 amide bonds. The van der Waals surface area contributed by atoms with Crippen molar-refractivity contribution in [3.8, 4) is 10.7 Å². The zero-order valence-electron chi connectivity index (χ0n) is 14.9. The highest BCUT2D eigenvalue weighted by Crippen LogP contribution is 2.25. The van der Waals surface area contributed by atoms with Gasteiger partial charge in [-0.1, -0.05) is 36.0 Å². The van der Waals surface area contributed by atoms with Crippen LogP contribution in [0.5, 0.6) is 0 Å². The number of nitrogens with one attached hydrogen (secondary N) is 1. The Morgan fingerprint density at radius 1 is 1.31 bits per heavy atom. The van der Waals surface area contributed by atoms with Crippen LogP contribution in [0.1, 0.15) is 29.7 Å². The highest BCUT2D eigenvalue weighted by Gasteiger charge is 2.15. The minimum absolute atomic E-state index is 0.0557. The van der Waals surface area contributed by atoms with Crippen LogP contribution < -0.4 is 11.2 Å². The molecule has 2 heterocycles. The van der Waals surface area contributed by atoms with Gasteiger partial charge in [0.25, 0.3) is 0 Å². The van der Waals surface area contributed by atoms with Crippen molar-refractivity contribution in [1.29, 1.82) is 0 Å². The molecule has 0 radical (unpaired) electrons. The highest BCUT2D eigenvalue weighted by atomic mass is 32.2. The van der Waals surface area contributed by atoms with Crippen LogP contribution in [0.3, 0.4) is 0 Å². The molecular weight excluding hydrogens is 366 g/mol. The Hall–Kier alpha value is -2.32. The molecule has 0 aliphatic rings. The van der Waals surface area contributed by atoms with E-state index in [2.05, 4.69) is 41.5 Å². The van der Waals surface area contributed by atoms with E-state index >= 15 is 0 Å². The van der Waals surface area contributed by atoms with Crippen LogP contribution in [-0.4, -0.2) is 26.5 Å². The minimum atomic E-state index is -0.0681. The lowest BCUT2D eigenvalue weighted by molar-refractivity contribution is -0.119. The van der Waals surface area contributed by atoms with Crippen molar-refractivity contribution in [3.63, 3.8) is 0 Å². The van der Waals surface area contributed by atoms with E-state index in [1.165, 1.54) is 27.6 Å². The number of aryl methyl sites for hydroxylation is 2. The van der Waals surface area contributed by atoms with Gasteiger partial charge in [-0.15, -0.1) is 21.5 Å². The van der Waals surface area contributed by atoms with E-state index in [1.54, 1.807) is 11.3 Å². The second-order valence-electron chi connectivity index (χ2n) is 6.08. The van der Waals surface area contributed by atoms with E-state index in [1.807, 2.05) is 30.5 Å². The first kappa shape index (κ1) is 18.5. The van der Waals surface area contributed by atoms with Gasteiger partial charge < -0.3 is 11.2 Å². The smallest absolute Gasteiger partial charge is 0.230 e. The minimum Gasteiger partial charge on any atom is -0.349 e. The average molecular weight is 388 g/mol. The van der Waals surface area contributed by atoms with Gasteiger partial charge in [-0.2, -0.15) is 0 Å². The predicted molar refractivity (Wildman–Crippen MR) is 107 cm³/mol. The number of thiophene rings is 1. The zero-order valence-corrected chi connectivity index (χ0v) is 16.5. The molecule has 0 aliphatic carbocycles. The fraction of sp³-hybridized carbons (Fsp3) is 0.278. The van der Waals surface area contributed by atoms with Crippen molar-refractivity contribution < 1.29 is 4.79 Å². The number of nitrogens with two attached hydrogens (primary N) is 1. The molecule has 0 bridgehead atoms. The maximum Gasteiger partial charge on any atom is 0.230 e. The molecule has 0 saturated carbocycles. The number of thioether (sulfide) groups is 1. The van der Waals surface area contributed by atoms with Crippen molar-refractivity contribution in [3.05, 3.63) is 52.4 Å². The quantitative estimate of drug-likeness (QED) is 0.501. The Balaban J connectivity index is 1.58. The fourth-order valence-corrected chi connectivity index (χ4v) is 3.85. The van der Waals surface area contributed by atoms with Crippen molar-refractivity contribution in [2.75, 3.05) is 11.6 Å². The molecule has 3 rings (SSSR count). The van der Waals surface area contributed by atoms with Crippen LogP contribution >= 0.6 is 23.1 Å². The second kappa shape index (κ2) is 7.92. The molecule has 2 aromatic heterocycles. The van der Waals surface area contributed by atoms with Gasteiger partial charge in [0, 0.05) is 0 Å². The number of amides is 1. The van der Waals surface area contributed by atoms with E-state index in [4.69, 9.17) is 5.84 Å². The fourth-order valence-electron chi connectivity index (χ4n) is 2.48. The van der Waals surface area contributed by atoms with Crippen LogP contribution in [0.25, 0.3) is 10.7 Å². The number of rotatable bonds is 6. The number of carbonyl (C=O) groups is 1. The molecule has 136 valence electrons. The third kappa shape index (κ3) is 4.08. The topological polar surface area (TPSA) is 85.8 Å². The van der Waals surface area contributed by atoms with Crippen molar-refractivity contribution in [1.82, 2.24) is 20.2 Å². The molecule has 3 aromatic rings. The summed E-state index contributed by atoms with van der Waals surface area (Å²) in [5.41, 5.74) is 3.55. The Kier molecular flexibility index (Phi) is 5.63. The molecule has 3 N–H and O–H groups in total. The van der Waals surface area contributed by atoms with E-state index in [9.17, 15) is 4.79 Å². The van der Waals surface area contributed by atoms with Crippen LogP contribution in [0.15, 0.2) is 40.9 Å². The maximum absolute atomic E-state index is 12.3. The summed E-state index contributed by atoms with van der Waals surface area (Å²) in [6, 6.07) is 10.0. The van der Waals surface area contributed by atoms with E-state index in [0.29, 0.717) is 11.0 Å². The summed E-state index contributed by atoms with van der Waals surface area (Å²) in [5.74, 6) is 6.82. The molecule has 26 heavy (non-hydrogen) atoms. The Morgan fingerprint density at radius 3 is 2.81 bits per heavy atom. The highest BCUT2D eigenvalue weighted by molar-refractivity contribution is 7.99. The second-order valence-corrected chi connectivity index (χ2v) is 7.97. The van der Waals surface area contributed by atoms with Gasteiger partial charge in [-0.3, -0.25) is 4.79 Å². The summed E-state index contributed by atoms with van der Waals surface area (Å²) >= 11 is 2.82. The summed E-state index contributed by atoms with van der Waals surface area (Å²) in [4.78, 5) is 13.2. The first-order valence-electron chi connectivity index (χ1n) is 8.19. The number of aromatic nitrogens is 3. The summed E-state index contributed by atoms with van der Waals surface area (Å²) in [6.45, 7) is 6.13. The third-order valence-corrected chi connectivity index (χ3v) is 5.96. The van der Waals surface area contributed by atoms with Gasteiger partial charge >= 0.3 is 0 Å². The molecule has 6 nitrogen and oxygen atoms in total. The van der Waals surface area contributed by atoms with E-state index in [0.717, 1.165) is 10.4 Å². The summed E-state index contributed by atoms with van der Waals surface area (Å²) in [5, 5.41) is 13.7. The maximum atomic E-state index is 12.3. The molecular formula is C18H21N5OS2. The molecule has 8 heteroatoms. The lowest BCUT2D eigenvalue weighted by Gasteiger charge is -2.15. The van der Waals surface area contributed by atoms with Crippen LogP contribution in [-0.2, 0) is 4.79 Å². The lowest BCUT2D eigenvalue weighted by Crippen LogP contribution is -2.28. The first-order valence-corrected chi connectivity index (χ1v) is 10.1. The Bertz CT molecular complexity index is 904. The van der Waals surface area contributed by atoms with Crippen LogP contribution in [0.4, 0.5) is 0 Å². The molecule has 1 atom stereocenters. The summed E-state index contributed by atoms with van der Waals surface area (Å²) in [7, 11) is 0. The van der Waals surface area contributed by atoms with Crippen LogP contribution in [0.2, 0.25) is 0 Å². The van der Waals surface area contributed by atoms with Gasteiger partial charge in [0.2, 0.25) is 11.1 Å². The lowest BCUT2D eigenvalue weighted by atomic mass is 10.0. The van der Waals surface area contributed by atoms with Crippen LogP contribution in [0, 0.1) is 13.8 Å². The molecule has 0 saturated heterocycles. The molecule has 0 aliphatic heterocycles. The predicted octanol–water partition coefficient (Wildman–Crippen LogP) is 3.31. The third-order valence-electron chi connectivity index (χ3n) is 4.15. The van der Waals surface area contributed by atoms with Gasteiger partial charge in [0.15, 0.2) is 5.82 Å². The standard InChI is InChI=1S/C18H21N5OS2/c1-11-6-7-14(9-12(11)2)13(3)20-16(24)10-26-18-22-21-17(23(18)19)15-5-4-8-25-15/h4-9,13H,10,19H2,1-3H3,(H,20,24). The van der Waals surface area contributed by atoms with E-state index < -0.39 is 0 Å². The Morgan fingerprint density at radius 2 is 2.12 bits per heavy atom. The average Bonchev–Trinajstić information content (AvgIpc) is 3.25. The zero-order chi connectivity index (χ0) is 18.7. The number of benzene rings is 1. The number of nitrogen functional groups attached to an aromatic ring is 1. The summed E-state index contributed by atoms with van der Waals surface area (Å²) < 4.78 is 1.43. The first-order chi connectivity index (χ1) is 12.5. The largest absolute Gasteiger partial charge is 0.349 e. The normalized spacial score (nSPS) is 12.1. The van der Waals surface area contributed by atoms with Crippen molar-refractivity contribution in [2.45, 2.75) is 32.0 Å². The molecule has 0 fully saturated rings. The Labute approximate surface area is 160 Å². The number of nitrogens with zero attached hydrogens (tertiary/aromatic N) is 3. The number of hydrogen-bond acceptors (Lipinski definition) is 6. The molecule has 1 unspecified atom stereocenters. The van der Waals surface area contributed by atoms with E-state index in [-0.39, 0.29) is 17.7 Å². The molecule has 1 aromatic carbocycles. The van der Waals surface area contributed by atoms with Crippen molar-refractivity contribution >= 4 is 29.0 Å². The van der Waals surface area contributed by atoms with Gasteiger partial charge in [0.1, 0.15) is 0 Å². The van der Waals surface area contributed by atoms with Gasteiger partial charge in [-0.05, 0) is 48.9 Å². The van der Waals surface area contributed by atoms with Gasteiger partial charge in [-0.25, -0.2) is 4.68 Å².